The number of benzene rings is 4. The van der Waals surface area contributed by atoms with Crippen LogP contribution in [0.5, 0.6) is 0 Å². The van der Waals surface area contributed by atoms with Crippen LogP contribution >= 0.6 is 15.9 Å². The molecule has 1 aliphatic rings. The molecule has 1 saturated heterocycles. The fourth-order valence-corrected chi connectivity index (χ4v) is 6.28. The monoisotopic (exact) mass is 592 g/mol. The summed E-state index contributed by atoms with van der Waals surface area (Å²) in [5.74, 6) is 0.393. The summed E-state index contributed by atoms with van der Waals surface area (Å²) >= 11 is 3.51. The van der Waals surface area contributed by atoms with Gasteiger partial charge < -0.3 is 4.90 Å². The molecular formula is C34H33BrN4O. The second-order valence-electron chi connectivity index (χ2n) is 10.5. The number of hydrogen-bond donors (Lipinski definition) is 0. The molecule has 202 valence electrons. The van der Waals surface area contributed by atoms with E-state index in [4.69, 9.17) is 0 Å². The first-order valence-corrected chi connectivity index (χ1v) is 14.7. The summed E-state index contributed by atoms with van der Waals surface area (Å²) in [7, 11) is 0. The van der Waals surface area contributed by atoms with E-state index in [0.29, 0.717) is 11.3 Å². The summed E-state index contributed by atoms with van der Waals surface area (Å²) in [6.07, 6.45) is 2.72. The first-order chi connectivity index (χ1) is 19.6. The highest BCUT2D eigenvalue weighted by Crippen LogP contribution is 2.29. The van der Waals surface area contributed by atoms with E-state index >= 15 is 0 Å². The van der Waals surface area contributed by atoms with E-state index in [1.54, 1.807) is 10.9 Å². The molecule has 0 bridgehead atoms. The fourth-order valence-electron chi connectivity index (χ4n) is 5.81. The first-order valence-electron chi connectivity index (χ1n) is 13.9. The number of piperazine rings is 1. The smallest absolute Gasteiger partial charge is 0.265 e. The van der Waals surface area contributed by atoms with E-state index < -0.39 is 0 Å². The van der Waals surface area contributed by atoms with Crippen molar-refractivity contribution in [2.45, 2.75) is 19.3 Å². The number of aromatic nitrogens is 2. The summed E-state index contributed by atoms with van der Waals surface area (Å²) < 4.78 is 2.65. The van der Waals surface area contributed by atoms with Crippen molar-refractivity contribution in [3.63, 3.8) is 0 Å². The molecule has 0 amide bonds. The molecule has 5 nitrogen and oxygen atoms in total. The average Bonchev–Trinajstić information content (AvgIpc) is 2.99. The number of nitrogens with zero attached hydrogens (tertiary/aromatic N) is 4. The Hall–Kier alpha value is -3.74. The molecule has 0 unspecified atom stereocenters. The Labute approximate surface area is 243 Å². The number of halogens is 1. The van der Waals surface area contributed by atoms with Gasteiger partial charge in [0.2, 0.25) is 0 Å². The van der Waals surface area contributed by atoms with Crippen molar-refractivity contribution < 1.29 is 0 Å². The summed E-state index contributed by atoms with van der Waals surface area (Å²) in [5.41, 5.74) is 6.40. The summed E-state index contributed by atoms with van der Waals surface area (Å²) in [6.45, 7) is 6.95. The molecule has 1 fully saturated rings. The van der Waals surface area contributed by atoms with Gasteiger partial charge in [-0.25, -0.2) is 4.98 Å². The zero-order valence-electron chi connectivity index (χ0n) is 22.7. The average molecular weight is 594 g/mol. The second-order valence-corrected chi connectivity index (χ2v) is 11.5. The maximum Gasteiger partial charge on any atom is 0.265 e. The molecule has 0 spiro atoms. The molecule has 0 saturated carbocycles. The van der Waals surface area contributed by atoms with Crippen molar-refractivity contribution in [2.75, 3.05) is 37.6 Å². The fraction of sp³-hybridized carbons (Fsp3) is 0.235. The molecular weight excluding hydrogens is 560 g/mol. The Bertz CT molecular complexity index is 1620. The molecule has 0 N–H and O–H groups in total. The van der Waals surface area contributed by atoms with Crippen molar-refractivity contribution >= 4 is 32.5 Å². The Morgan fingerprint density at radius 3 is 2.15 bits per heavy atom. The Balaban J connectivity index is 1.15. The molecule has 0 aliphatic carbocycles. The summed E-state index contributed by atoms with van der Waals surface area (Å²) in [5, 5.41) is 0.651. The quantitative estimate of drug-likeness (QED) is 0.208. The van der Waals surface area contributed by atoms with Gasteiger partial charge in [-0.3, -0.25) is 14.3 Å². The van der Waals surface area contributed by atoms with Crippen molar-refractivity contribution in [2.24, 2.45) is 0 Å². The molecule has 5 aromatic rings. The largest absolute Gasteiger partial charge is 0.369 e. The third kappa shape index (κ3) is 5.60. The minimum atomic E-state index is -0.0382. The Kier molecular flexibility index (Phi) is 7.80. The normalized spacial score (nSPS) is 14.2. The molecule has 40 heavy (non-hydrogen) atoms. The lowest BCUT2D eigenvalue weighted by atomic mass is 9.88. The number of fused-ring (bicyclic) bond motifs is 1. The van der Waals surface area contributed by atoms with Gasteiger partial charge in [-0.2, -0.15) is 0 Å². The van der Waals surface area contributed by atoms with E-state index in [0.717, 1.165) is 66.1 Å². The number of rotatable bonds is 7. The predicted molar refractivity (Wildman–Crippen MR) is 168 cm³/mol. The van der Waals surface area contributed by atoms with Gasteiger partial charge in [-0.15, -0.1) is 0 Å². The van der Waals surface area contributed by atoms with E-state index in [1.807, 2.05) is 37.3 Å². The molecule has 6 rings (SSSR count). The van der Waals surface area contributed by atoms with Crippen LogP contribution in [0, 0.1) is 6.92 Å². The molecule has 6 heteroatoms. The van der Waals surface area contributed by atoms with Crippen LogP contribution in [0.25, 0.3) is 16.6 Å². The van der Waals surface area contributed by atoms with Gasteiger partial charge in [0.25, 0.3) is 5.56 Å². The maximum atomic E-state index is 13.5. The lowest BCUT2D eigenvalue weighted by molar-refractivity contribution is 0.251. The van der Waals surface area contributed by atoms with Crippen molar-refractivity contribution in [3.8, 4) is 5.69 Å². The Morgan fingerprint density at radius 2 is 1.50 bits per heavy atom. The number of anilines is 1. The minimum absolute atomic E-state index is 0.0382. The van der Waals surface area contributed by atoms with Gasteiger partial charge in [0.15, 0.2) is 0 Å². The van der Waals surface area contributed by atoms with E-state index in [-0.39, 0.29) is 5.56 Å². The van der Waals surface area contributed by atoms with Crippen molar-refractivity contribution in [3.05, 3.63) is 135 Å². The van der Waals surface area contributed by atoms with Crippen LogP contribution in [-0.4, -0.2) is 47.2 Å². The van der Waals surface area contributed by atoms with Gasteiger partial charge in [-0.1, -0.05) is 76.6 Å². The second kappa shape index (κ2) is 11.8. The molecule has 1 aromatic heterocycles. The van der Waals surface area contributed by atoms with Crippen molar-refractivity contribution in [1.82, 2.24) is 14.5 Å². The van der Waals surface area contributed by atoms with Crippen LogP contribution in [-0.2, 0) is 0 Å². The lowest BCUT2D eigenvalue weighted by Crippen LogP contribution is -2.46. The van der Waals surface area contributed by atoms with Crippen LogP contribution in [0.2, 0.25) is 0 Å². The van der Waals surface area contributed by atoms with E-state index in [2.05, 4.69) is 97.4 Å². The van der Waals surface area contributed by atoms with E-state index in [9.17, 15) is 4.79 Å². The maximum absolute atomic E-state index is 13.5. The zero-order valence-corrected chi connectivity index (χ0v) is 24.3. The lowest BCUT2D eigenvalue weighted by Gasteiger charge is -2.36. The van der Waals surface area contributed by atoms with Crippen LogP contribution in [0.4, 0.5) is 5.69 Å². The highest BCUT2D eigenvalue weighted by molar-refractivity contribution is 9.10. The van der Waals surface area contributed by atoms with E-state index in [1.165, 1.54) is 11.1 Å². The molecule has 2 heterocycles. The summed E-state index contributed by atoms with van der Waals surface area (Å²) in [6, 6.07) is 33.7. The molecule has 4 aromatic carbocycles. The number of aryl methyl sites for hydroxylation is 1. The number of hydrogen-bond acceptors (Lipinski definition) is 4. The van der Waals surface area contributed by atoms with Crippen LogP contribution in [0.15, 0.2) is 113 Å². The van der Waals surface area contributed by atoms with Crippen LogP contribution in [0.1, 0.15) is 29.0 Å². The van der Waals surface area contributed by atoms with Gasteiger partial charge in [0.1, 0.15) is 6.33 Å². The van der Waals surface area contributed by atoms with Gasteiger partial charge in [0, 0.05) is 42.3 Å². The van der Waals surface area contributed by atoms with Gasteiger partial charge in [-0.05, 0) is 73.0 Å². The highest BCUT2D eigenvalue weighted by atomic mass is 79.9. The predicted octanol–water partition coefficient (Wildman–Crippen LogP) is 6.80. The highest BCUT2D eigenvalue weighted by Gasteiger charge is 2.21. The molecule has 1 aliphatic heterocycles. The van der Waals surface area contributed by atoms with Gasteiger partial charge in [0.05, 0.1) is 16.6 Å². The first kappa shape index (κ1) is 26.5. The third-order valence-electron chi connectivity index (χ3n) is 8.04. The summed E-state index contributed by atoms with van der Waals surface area (Å²) in [4.78, 5) is 23.1. The molecule has 0 radical (unpaired) electrons. The zero-order chi connectivity index (χ0) is 27.5. The van der Waals surface area contributed by atoms with Gasteiger partial charge >= 0.3 is 0 Å². The van der Waals surface area contributed by atoms with Crippen molar-refractivity contribution in [1.29, 1.82) is 0 Å². The van der Waals surface area contributed by atoms with Crippen LogP contribution < -0.4 is 10.5 Å². The third-order valence-corrected chi connectivity index (χ3v) is 8.53. The SMILES string of the molecule is Cc1cc(Br)ccc1-n1cnc2ccc(N3CCN(CCC(c4ccccc4)c4ccccc4)CC3)cc2c1=O. The molecule has 0 atom stereocenters. The Morgan fingerprint density at radius 1 is 0.825 bits per heavy atom. The standard InChI is InChI=1S/C34H33BrN4O/c1-25-22-28(35)12-15-33(25)39-24-36-32-14-13-29(23-31(32)34(39)40)38-20-18-37(19-21-38)17-16-30(26-8-4-2-5-9-26)27-10-6-3-7-11-27/h2-15,22-24,30H,16-21H2,1H3. The topological polar surface area (TPSA) is 41.4 Å². The minimum Gasteiger partial charge on any atom is -0.369 e. The van der Waals surface area contributed by atoms with Crippen LogP contribution in [0.3, 0.4) is 0 Å².